The first-order valence-electron chi connectivity index (χ1n) is 8.37. The average Bonchev–Trinajstić information content (AvgIpc) is 3.07. The van der Waals surface area contributed by atoms with Crippen molar-refractivity contribution < 1.29 is 9.84 Å². The molecule has 5 nitrogen and oxygen atoms in total. The molecule has 5 heteroatoms. The number of fused-ring (bicyclic) bond motifs is 1. The zero-order valence-electron chi connectivity index (χ0n) is 14.6. The van der Waals surface area contributed by atoms with E-state index in [1.807, 2.05) is 30.3 Å². The first-order chi connectivity index (χ1) is 12.7. The van der Waals surface area contributed by atoms with Gasteiger partial charge in [0.2, 0.25) is 0 Å². The van der Waals surface area contributed by atoms with E-state index in [1.165, 1.54) is 17.5 Å². The van der Waals surface area contributed by atoms with E-state index in [0.29, 0.717) is 11.1 Å². The minimum Gasteiger partial charge on any atom is -0.364 e. The lowest BCUT2D eigenvalue weighted by atomic mass is 9.98. The molecule has 26 heavy (non-hydrogen) atoms. The summed E-state index contributed by atoms with van der Waals surface area (Å²) in [5.74, 6) is 0. The normalized spacial score (nSPS) is 12.4. The summed E-state index contributed by atoms with van der Waals surface area (Å²) in [7, 11) is 3.23. The highest BCUT2D eigenvalue weighted by Crippen LogP contribution is 2.31. The van der Waals surface area contributed by atoms with Crippen LogP contribution in [0.15, 0.2) is 66.7 Å². The van der Waals surface area contributed by atoms with Gasteiger partial charge in [-0.2, -0.15) is 15.0 Å². The third kappa shape index (κ3) is 2.98. The van der Waals surface area contributed by atoms with Crippen LogP contribution in [0.4, 0.5) is 0 Å². The molecule has 3 aromatic carbocycles. The van der Waals surface area contributed by atoms with Crippen molar-refractivity contribution in [2.75, 3.05) is 7.11 Å². The molecule has 0 aliphatic rings. The van der Waals surface area contributed by atoms with Crippen molar-refractivity contribution in [1.29, 1.82) is 0 Å². The maximum Gasteiger partial charge on any atom is 0.183 e. The number of hydrogen-bond acceptors (Lipinski definition) is 4. The van der Waals surface area contributed by atoms with Crippen molar-refractivity contribution in [2.24, 2.45) is 7.05 Å². The van der Waals surface area contributed by atoms with E-state index in [2.05, 4.69) is 46.6 Å². The molecule has 0 fully saturated rings. The van der Waals surface area contributed by atoms with Gasteiger partial charge >= 0.3 is 0 Å². The number of benzene rings is 3. The van der Waals surface area contributed by atoms with Crippen LogP contribution in [-0.4, -0.2) is 27.2 Å². The SMILES string of the molecule is COC(O)c1cc(-c2ccc(-c3ccccc3)cc2)cc2nn(C)nc12. The van der Waals surface area contributed by atoms with Crippen LogP contribution in [0.3, 0.4) is 0 Å². The highest BCUT2D eigenvalue weighted by molar-refractivity contribution is 5.85. The number of rotatable bonds is 4. The standard InChI is InChI=1S/C21H19N3O2/c1-24-22-19-13-17(12-18(20(19)23-24)21(25)26-2)16-10-8-15(9-11-16)14-6-4-3-5-7-14/h3-13,21,25H,1-2H3. The maximum atomic E-state index is 10.2. The number of aromatic nitrogens is 3. The van der Waals surface area contributed by atoms with Crippen LogP contribution in [0, 0.1) is 0 Å². The number of aliphatic hydroxyl groups excluding tert-OH is 1. The van der Waals surface area contributed by atoms with Crippen LogP contribution in [0.25, 0.3) is 33.3 Å². The molecule has 0 radical (unpaired) electrons. The second-order valence-corrected chi connectivity index (χ2v) is 6.15. The molecule has 0 saturated heterocycles. The first-order valence-corrected chi connectivity index (χ1v) is 8.37. The molecule has 1 N–H and O–H groups in total. The molecule has 0 aliphatic heterocycles. The van der Waals surface area contributed by atoms with Gasteiger partial charge in [0.05, 0.1) is 0 Å². The minimum absolute atomic E-state index is 0.611. The van der Waals surface area contributed by atoms with Crippen LogP contribution in [0.1, 0.15) is 11.9 Å². The van der Waals surface area contributed by atoms with Gasteiger partial charge in [0.25, 0.3) is 0 Å². The molecule has 4 rings (SSSR count). The smallest absolute Gasteiger partial charge is 0.183 e. The third-order valence-corrected chi connectivity index (χ3v) is 4.43. The van der Waals surface area contributed by atoms with E-state index >= 15 is 0 Å². The summed E-state index contributed by atoms with van der Waals surface area (Å²) in [4.78, 5) is 1.50. The van der Waals surface area contributed by atoms with E-state index in [1.54, 1.807) is 7.05 Å². The molecule has 1 unspecified atom stereocenters. The molecule has 1 heterocycles. The van der Waals surface area contributed by atoms with Crippen LogP contribution in [0.2, 0.25) is 0 Å². The fourth-order valence-corrected chi connectivity index (χ4v) is 3.12. The molecule has 0 aliphatic carbocycles. The quantitative estimate of drug-likeness (QED) is 0.569. The Balaban J connectivity index is 1.79. The number of nitrogens with zero attached hydrogens (tertiary/aromatic N) is 3. The molecule has 1 aromatic heterocycles. The molecule has 1 atom stereocenters. The largest absolute Gasteiger partial charge is 0.364 e. The van der Waals surface area contributed by atoms with Crippen LogP contribution in [-0.2, 0) is 11.8 Å². The van der Waals surface area contributed by atoms with Gasteiger partial charge in [-0.15, -0.1) is 0 Å². The van der Waals surface area contributed by atoms with Gasteiger partial charge < -0.3 is 9.84 Å². The topological polar surface area (TPSA) is 60.2 Å². The van der Waals surface area contributed by atoms with Gasteiger partial charge in [-0.1, -0.05) is 54.6 Å². The number of ether oxygens (including phenoxy) is 1. The molecule has 0 bridgehead atoms. The Morgan fingerprint density at radius 2 is 1.46 bits per heavy atom. The zero-order valence-corrected chi connectivity index (χ0v) is 14.6. The molecule has 0 spiro atoms. The van der Waals surface area contributed by atoms with Crippen molar-refractivity contribution in [2.45, 2.75) is 6.29 Å². The summed E-state index contributed by atoms with van der Waals surface area (Å²) in [5.41, 5.74) is 6.33. The molecule has 0 saturated carbocycles. The number of methoxy groups -OCH3 is 1. The van der Waals surface area contributed by atoms with Gasteiger partial charge in [-0.05, 0) is 34.4 Å². The zero-order chi connectivity index (χ0) is 18.1. The Kier molecular flexibility index (Phi) is 4.24. The molecular weight excluding hydrogens is 326 g/mol. The van der Waals surface area contributed by atoms with Crippen molar-refractivity contribution in [1.82, 2.24) is 15.0 Å². The monoisotopic (exact) mass is 345 g/mol. The Hall–Kier alpha value is -3.02. The highest BCUT2D eigenvalue weighted by atomic mass is 16.6. The summed E-state index contributed by atoms with van der Waals surface area (Å²) in [5, 5.41) is 18.9. The highest BCUT2D eigenvalue weighted by Gasteiger charge is 2.16. The lowest BCUT2D eigenvalue weighted by molar-refractivity contribution is -0.0759. The second kappa shape index (κ2) is 6.71. The fourth-order valence-electron chi connectivity index (χ4n) is 3.12. The molecular formula is C21H19N3O2. The Morgan fingerprint density at radius 1 is 0.846 bits per heavy atom. The average molecular weight is 345 g/mol. The van der Waals surface area contributed by atoms with E-state index in [9.17, 15) is 5.11 Å². The van der Waals surface area contributed by atoms with E-state index in [0.717, 1.165) is 22.2 Å². The minimum atomic E-state index is -1.04. The maximum absolute atomic E-state index is 10.2. The Bertz CT molecular complexity index is 1040. The van der Waals surface area contributed by atoms with Crippen molar-refractivity contribution in [3.05, 3.63) is 72.3 Å². The van der Waals surface area contributed by atoms with Gasteiger partial charge in [0, 0.05) is 19.7 Å². The Morgan fingerprint density at radius 3 is 2.12 bits per heavy atom. The second-order valence-electron chi connectivity index (χ2n) is 6.15. The summed E-state index contributed by atoms with van der Waals surface area (Å²) in [6.45, 7) is 0. The lowest BCUT2D eigenvalue weighted by Gasteiger charge is -2.11. The van der Waals surface area contributed by atoms with E-state index in [-0.39, 0.29) is 0 Å². The number of aliphatic hydroxyl groups is 1. The summed E-state index contributed by atoms with van der Waals surface area (Å²) in [6.07, 6.45) is -1.04. The van der Waals surface area contributed by atoms with Crippen LogP contribution in [0.5, 0.6) is 0 Å². The first kappa shape index (κ1) is 16.4. The molecule has 0 amide bonds. The van der Waals surface area contributed by atoms with E-state index in [4.69, 9.17) is 4.74 Å². The van der Waals surface area contributed by atoms with Crippen molar-refractivity contribution in [3.8, 4) is 22.3 Å². The molecule has 4 aromatic rings. The number of aryl methyl sites for hydroxylation is 1. The van der Waals surface area contributed by atoms with E-state index < -0.39 is 6.29 Å². The van der Waals surface area contributed by atoms with Crippen molar-refractivity contribution >= 4 is 11.0 Å². The van der Waals surface area contributed by atoms with Crippen LogP contribution >= 0.6 is 0 Å². The van der Waals surface area contributed by atoms with Gasteiger partial charge in [0.15, 0.2) is 6.29 Å². The summed E-state index contributed by atoms with van der Waals surface area (Å²) in [6, 6.07) is 22.5. The van der Waals surface area contributed by atoms with Crippen molar-refractivity contribution in [3.63, 3.8) is 0 Å². The Labute approximate surface area is 151 Å². The van der Waals surface area contributed by atoms with Gasteiger partial charge in [-0.25, -0.2) is 0 Å². The summed E-state index contributed by atoms with van der Waals surface area (Å²) >= 11 is 0. The fraction of sp³-hybridized carbons (Fsp3) is 0.143. The molecule has 130 valence electrons. The summed E-state index contributed by atoms with van der Waals surface area (Å²) < 4.78 is 5.10. The van der Waals surface area contributed by atoms with Crippen LogP contribution < -0.4 is 0 Å². The van der Waals surface area contributed by atoms with Gasteiger partial charge in [0.1, 0.15) is 11.0 Å². The lowest BCUT2D eigenvalue weighted by Crippen LogP contribution is -2.01. The van der Waals surface area contributed by atoms with Gasteiger partial charge in [-0.3, -0.25) is 0 Å². The number of hydrogen-bond donors (Lipinski definition) is 1. The third-order valence-electron chi connectivity index (χ3n) is 4.43. The predicted octanol–water partition coefficient (Wildman–Crippen LogP) is 3.94. The predicted molar refractivity (Wildman–Crippen MR) is 101 cm³/mol.